The van der Waals surface area contributed by atoms with Gasteiger partial charge in [0, 0.05) is 81.6 Å². The number of methoxy groups -OCH3 is 2. The first-order chi connectivity index (χ1) is 37.0. The highest BCUT2D eigenvalue weighted by atomic mass is 16.5. The van der Waals surface area contributed by atoms with Crippen molar-refractivity contribution in [2.24, 2.45) is 0 Å². The van der Waals surface area contributed by atoms with E-state index < -0.39 is 0 Å². The van der Waals surface area contributed by atoms with Crippen LogP contribution in [-0.2, 0) is 18.9 Å². The molecule has 0 fully saturated rings. The van der Waals surface area contributed by atoms with E-state index in [4.69, 9.17) is 37.9 Å². The van der Waals surface area contributed by atoms with Crippen LogP contribution >= 0.6 is 0 Å². The molecule has 0 aliphatic heterocycles. The van der Waals surface area contributed by atoms with Gasteiger partial charge >= 0.3 is 0 Å². The lowest BCUT2D eigenvalue weighted by atomic mass is 10.1. The van der Waals surface area contributed by atoms with Crippen LogP contribution < -0.4 is 28.7 Å². The number of rotatable bonds is 25. The molecule has 12 nitrogen and oxygen atoms in total. The summed E-state index contributed by atoms with van der Waals surface area (Å²) >= 11 is 0. The van der Waals surface area contributed by atoms with Gasteiger partial charge in [0.25, 0.3) is 0 Å². The molecule has 2 aromatic heterocycles. The molecule has 0 saturated carbocycles. The van der Waals surface area contributed by atoms with Crippen LogP contribution in [0, 0.1) is 0 Å². The summed E-state index contributed by atoms with van der Waals surface area (Å²) < 4.78 is 50.0. The summed E-state index contributed by atoms with van der Waals surface area (Å²) in [5.41, 5.74) is 11.6. The van der Waals surface area contributed by atoms with Crippen molar-refractivity contribution in [2.75, 3.05) is 97.1 Å². The largest absolute Gasteiger partial charge is 0.497 e. The van der Waals surface area contributed by atoms with Gasteiger partial charge < -0.3 is 56.8 Å². The Morgan fingerprint density at radius 1 is 0.347 bits per heavy atom. The summed E-state index contributed by atoms with van der Waals surface area (Å²) in [6.07, 6.45) is 0. The van der Waals surface area contributed by atoms with Gasteiger partial charge in [0.15, 0.2) is 0 Å². The minimum Gasteiger partial charge on any atom is -0.497 e. The van der Waals surface area contributed by atoms with Crippen molar-refractivity contribution < 1.29 is 37.9 Å². The maximum atomic E-state index is 6.09. The summed E-state index contributed by atoms with van der Waals surface area (Å²) in [6.45, 7) is 9.50. The fourth-order valence-electron chi connectivity index (χ4n) is 9.68. The molecule has 2 heterocycles. The molecule has 0 radical (unpaired) electrons. The fraction of sp³-hybridized carbons (Fsp3) is 0.238. The van der Waals surface area contributed by atoms with Crippen LogP contribution in [0.25, 0.3) is 55.0 Å². The minimum atomic E-state index is 0.449. The first-order valence-corrected chi connectivity index (χ1v) is 25.7. The number of para-hydroxylation sites is 1. The van der Waals surface area contributed by atoms with Gasteiger partial charge in [0.2, 0.25) is 0 Å². The zero-order chi connectivity index (χ0) is 51.5. The Morgan fingerprint density at radius 3 is 1.16 bits per heavy atom. The average Bonchev–Trinajstić information content (AvgIpc) is 3.98. The second-order valence-corrected chi connectivity index (χ2v) is 17.9. The molecule has 0 aliphatic carbocycles. The third kappa shape index (κ3) is 11.1. The fourth-order valence-corrected chi connectivity index (χ4v) is 9.68. The zero-order valence-electron chi connectivity index (χ0n) is 43.4. The maximum absolute atomic E-state index is 6.09. The predicted molar refractivity (Wildman–Crippen MR) is 303 cm³/mol. The number of fused-ring (bicyclic) bond motifs is 6. The van der Waals surface area contributed by atoms with Gasteiger partial charge in [-0.2, -0.15) is 0 Å². The van der Waals surface area contributed by atoms with Crippen molar-refractivity contribution in [3.63, 3.8) is 0 Å². The Morgan fingerprint density at radius 2 is 0.707 bits per heavy atom. The molecule has 0 atom stereocenters. The first kappa shape index (κ1) is 50.5. The van der Waals surface area contributed by atoms with Gasteiger partial charge in [-0.25, -0.2) is 0 Å². The van der Waals surface area contributed by atoms with Crippen LogP contribution in [0.4, 0.5) is 28.4 Å². The third-order valence-electron chi connectivity index (χ3n) is 13.4. The minimum absolute atomic E-state index is 0.449. The van der Waals surface area contributed by atoms with E-state index in [1.54, 1.807) is 14.2 Å². The second-order valence-electron chi connectivity index (χ2n) is 17.9. The molecule has 0 saturated heterocycles. The number of hydrogen-bond donors (Lipinski definition) is 0. The maximum Gasteiger partial charge on any atom is 0.119 e. The van der Waals surface area contributed by atoms with Gasteiger partial charge in [-0.1, -0.05) is 18.2 Å². The molecule has 0 bridgehead atoms. The molecule has 75 heavy (non-hydrogen) atoms. The van der Waals surface area contributed by atoms with Crippen molar-refractivity contribution in [1.29, 1.82) is 0 Å². The standard InChI is InChI=1S/C63H64N4O8/c1-6-70-34-36-72-38-40-74-54-27-16-47(17-28-54)66-60-11-9-8-10-56(60)57-42-49(20-31-61(57)66)64(3)50-21-32-62-58(43-50)59-44-51(65(45-12-23-52(68-4)24-13-45)46-14-25-53(69-5)26-15-46)22-33-63(59)67(62)48-18-29-55(30-19-48)75-41-39-73-37-35-71-7-2/h8-33,42-44H,6-7,34-41H2,1-5H3. The van der Waals surface area contributed by atoms with E-state index in [2.05, 4.69) is 153 Å². The van der Waals surface area contributed by atoms with Gasteiger partial charge in [0.1, 0.15) is 36.2 Å². The van der Waals surface area contributed by atoms with E-state index in [9.17, 15) is 0 Å². The van der Waals surface area contributed by atoms with Gasteiger partial charge in [-0.05, 0) is 172 Å². The lowest BCUT2D eigenvalue weighted by Crippen LogP contribution is -2.10. The van der Waals surface area contributed by atoms with E-state index in [0.717, 1.165) is 95.6 Å². The molecular formula is C63H64N4O8. The van der Waals surface area contributed by atoms with E-state index in [0.29, 0.717) is 66.1 Å². The Balaban J connectivity index is 1.01. The highest BCUT2D eigenvalue weighted by Gasteiger charge is 2.20. The molecule has 0 N–H and O–H groups in total. The smallest absolute Gasteiger partial charge is 0.119 e. The van der Waals surface area contributed by atoms with E-state index >= 15 is 0 Å². The predicted octanol–water partition coefficient (Wildman–Crippen LogP) is 14.0. The molecule has 0 spiro atoms. The summed E-state index contributed by atoms with van der Waals surface area (Å²) in [5, 5.41) is 4.57. The van der Waals surface area contributed by atoms with Gasteiger partial charge in [-0.15, -0.1) is 0 Å². The highest BCUT2D eigenvalue weighted by molar-refractivity contribution is 6.13. The average molecular weight is 1010 g/mol. The number of benzene rings is 8. The molecule has 0 aliphatic rings. The summed E-state index contributed by atoms with van der Waals surface area (Å²) in [5.74, 6) is 3.16. The molecule has 10 rings (SSSR count). The second kappa shape index (κ2) is 23.9. The van der Waals surface area contributed by atoms with E-state index in [1.165, 1.54) is 10.8 Å². The van der Waals surface area contributed by atoms with Crippen LogP contribution in [0.2, 0.25) is 0 Å². The Hall–Kier alpha value is -8.00. The monoisotopic (exact) mass is 1000 g/mol. The van der Waals surface area contributed by atoms with E-state index in [1.807, 2.05) is 62.4 Å². The molecule has 0 amide bonds. The van der Waals surface area contributed by atoms with Crippen LogP contribution in [0.3, 0.4) is 0 Å². The van der Waals surface area contributed by atoms with E-state index in [-0.39, 0.29) is 0 Å². The zero-order valence-corrected chi connectivity index (χ0v) is 43.4. The molecule has 0 unspecified atom stereocenters. The first-order valence-electron chi connectivity index (χ1n) is 25.7. The van der Waals surface area contributed by atoms with Crippen LogP contribution in [-0.4, -0.2) is 96.5 Å². The van der Waals surface area contributed by atoms with Gasteiger partial charge in [-0.3, -0.25) is 0 Å². The normalized spacial score (nSPS) is 11.5. The number of hydrogen-bond acceptors (Lipinski definition) is 10. The quantitative estimate of drug-likeness (QED) is 0.0516. The SMILES string of the molecule is CCOCCOCCOc1ccc(-n2c3ccccc3c3cc(N(C)c4ccc5c(c4)c4cc(N(c6ccc(OC)cc6)c6ccc(OC)cc6)ccc4n5-c4ccc(OCCOCCOCC)cc4)ccc32)cc1. The van der Waals surface area contributed by atoms with Crippen LogP contribution in [0.1, 0.15) is 13.8 Å². The molecule has 8 aromatic carbocycles. The summed E-state index contributed by atoms with van der Waals surface area (Å²) in [4.78, 5) is 4.54. The lowest BCUT2D eigenvalue weighted by molar-refractivity contribution is 0.0405. The van der Waals surface area contributed by atoms with Crippen LogP contribution in [0.5, 0.6) is 23.0 Å². The molecule has 384 valence electrons. The Labute approximate surface area is 438 Å². The molecule has 12 heteroatoms. The topological polar surface area (TPSA) is 90.2 Å². The number of anilines is 5. The van der Waals surface area contributed by atoms with Crippen LogP contribution in [0.15, 0.2) is 176 Å². The van der Waals surface area contributed by atoms with Crippen molar-refractivity contribution in [2.45, 2.75) is 13.8 Å². The van der Waals surface area contributed by atoms with Gasteiger partial charge in [0.05, 0.1) is 75.9 Å². The summed E-state index contributed by atoms with van der Waals surface area (Å²) in [6, 6.07) is 61.8. The third-order valence-corrected chi connectivity index (χ3v) is 13.4. The highest BCUT2D eigenvalue weighted by Crippen LogP contribution is 2.43. The number of ether oxygens (including phenoxy) is 8. The Bertz CT molecular complexity index is 3420. The number of aromatic nitrogens is 2. The van der Waals surface area contributed by atoms with Crippen molar-refractivity contribution in [3.05, 3.63) is 176 Å². The van der Waals surface area contributed by atoms with Crippen molar-refractivity contribution >= 4 is 72.0 Å². The van der Waals surface area contributed by atoms with Crippen molar-refractivity contribution in [1.82, 2.24) is 9.13 Å². The summed E-state index contributed by atoms with van der Waals surface area (Å²) in [7, 11) is 5.52. The van der Waals surface area contributed by atoms with Crippen molar-refractivity contribution in [3.8, 4) is 34.4 Å². The number of nitrogens with zero attached hydrogens (tertiary/aromatic N) is 4. The molecule has 10 aromatic rings. The lowest BCUT2D eigenvalue weighted by Gasteiger charge is -2.26. The molecular weight excluding hydrogens is 941 g/mol. The Kier molecular flexibility index (Phi) is 16.1.